The molecule has 1 rings (SSSR count). The van der Waals surface area contributed by atoms with Gasteiger partial charge >= 0.3 is 5.97 Å². The van der Waals surface area contributed by atoms with Crippen LogP contribution in [0.2, 0.25) is 0 Å². The topological polar surface area (TPSA) is 26.3 Å². The summed E-state index contributed by atoms with van der Waals surface area (Å²) in [4.78, 5) is 11.4. The predicted octanol–water partition coefficient (Wildman–Crippen LogP) is 2.23. The first-order valence-electron chi connectivity index (χ1n) is 4.83. The van der Waals surface area contributed by atoms with Crippen LogP contribution in [0.3, 0.4) is 0 Å². The molecule has 1 saturated carbocycles. The molecule has 2 atom stereocenters. The van der Waals surface area contributed by atoms with Crippen LogP contribution in [-0.4, -0.2) is 12.6 Å². The largest absolute Gasteiger partial charge is 0.466 e. The zero-order valence-corrected chi connectivity index (χ0v) is 8.17. The van der Waals surface area contributed by atoms with Crippen molar-refractivity contribution in [3.05, 3.63) is 0 Å². The summed E-state index contributed by atoms with van der Waals surface area (Å²) < 4.78 is 5.03. The summed E-state index contributed by atoms with van der Waals surface area (Å²) in [6.07, 6.45) is 2.34. The molecule has 1 fully saturated rings. The van der Waals surface area contributed by atoms with Crippen LogP contribution in [0.25, 0.3) is 0 Å². The molecule has 1 aliphatic rings. The van der Waals surface area contributed by atoms with E-state index >= 15 is 0 Å². The van der Waals surface area contributed by atoms with Crippen molar-refractivity contribution in [2.45, 2.75) is 33.6 Å². The zero-order valence-electron chi connectivity index (χ0n) is 8.17. The third kappa shape index (κ3) is 1.79. The Balaban J connectivity index is 2.53. The normalized spacial score (nSPS) is 35.1. The Morgan fingerprint density at radius 3 is 2.25 bits per heavy atom. The molecule has 0 saturated heterocycles. The van der Waals surface area contributed by atoms with E-state index in [4.69, 9.17) is 4.74 Å². The number of carbonyl (C=O) groups excluding carboxylic acids is 1. The van der Waals surface area contributed by atoms with E-state index in [0.29, 0.717) is 18.4 Å². The van der Waals surface area contributed by atoms with Gasteiger partial charge in [0.15, 0.2) is 0 Å². The first-order valence-corrected chi connectivity index (χ1v) is 4.83. The van der Waals surface area contributed by atoms with Gasteiger partial charge in [-0.25, -0.2) is 0 Å². The van der Waals surface area contributed by atoms with Gasteiger partial charge in [-0.05, 0) is 31.6 Å². The van der Waals surface area contributed by atoms with Crippen molar-refractivity contribution in [3.63, 3.8) is 0 Å². The molecule has 0 amide bonds. The first-order chi connectivity index (χ1) is 5.66. The minimum Gasteiger partial charge on any atom is -0.466 e. The molecule has 1 aliphatic carbocycles. The van der Waals surface area contributed by atoms with Crippen molar-refractivity contribution in [2.24, 2.45) is 17.8 Å². The van der Waals surface area contributed by atoms with Gasteiger partial charge in [0.05, 0.1) is 12.5 Å². The lowest BCUT2D eigenvalue weighted by Crippen LogP contribution is -2.24. The third-order valence-corrected chi connectivity index (χ3v) is 2.86. The Hall–Kier alpha value is -0.530. The maximum absolute atomic E-state index is 11.4. The van der Waals surface area contributed by atoms with E-state index < -0.39 is 0 Å². The smallest absolute Gasteiger partial charge is 0.309 e. The lowest BCUT2D eigenvalue weighted by Gasteiger charge is -2.17. The van der Waals surface area contributed by atoms with Crippen LogP contribution < -0.4 is 0 Å². The van der Waals surface area contributed by atoms with Crippen LogP contribution in [0, 0.1) is 17.8 Å². The highest BCUT2D eigenvalue weighted by Crippen LogP contribution is 2.37. The van der Waals surface area contributed by atoms with Gasteiger partial charge in [0.1, 0.15) is 0 Å². The van der Waals surface area contributed by atoms with Crippen molar-refractivity contribution < 1.29 is 9.53 Å². The number of hydrogen-bond donors (Lipinski definition) is 0. The molecule has 0 N–H and O–H groups in total. The lowest BCUT2D eigenvalue weighted by molar-refractivity contribution is -0.150. The molecular weight excluding hydrogens is 152 g/mol. The standard InChI is InChI=1S/C10H18O2/c1-4-12-10(11)9-7(2)5-6-8(9)3/h7-9H,4-6H2,1-3H3. The van der Waals surface area contributed by atoms with Crippen molar-refractivity contribution in [2.75, 3.05) is 6.61 Å². The van der Waals surface area contributed by atoms with Gasteiger partial charge in [-0.15, -0.1) is 0 Å². The van der Waals surface area contributed by atoms with Crippen LogP contribution in [0.1, 0.15) is 33.6 Å². The van der Waals surface area contributed by atoms with Crippen LogP contribution in [0.4, 0.5) is 0 Å². The zero-order chi connectivity index (χ0) is 9.14. The molecule has 0 aromatic heterocycles. The third-order valence-electron chi connectivity index (χ3n) is 2.86. The van der Waals surface area contributed by atoms with Gasteiger partial charge in [0.25, 0.3) is 0 Å². The number of ether oxygens (including phenoxy) is 1. The molecule has 0 bridgehead atoms. The average Bonchev–Trinajstić information content (AvgIpc) is 2.32. The minimum absolute atomic E-state index is 0.00926. The maximum Gasteiger partial charge on any atom is 0.309 e. The van der Waals surface area contributed by atoms with E-state index in [1.54, 1.807) is 0 Å². The highest BCUT2D eigenvalue weighted by Gasteiger charge is 2.36. The number of carbonyl (C=O) groups is 1. The summed E-state index contributed by atoms with van der Waals surface area (Å²) in [6.45, 7) is 6.66. The number of hydrogen-bond acceptors (Lipinski definition) is 2. The summed E-state index contributed by atoms with van der Waals surface area (Å²) >= 11 is 0. The van der Waals surface area contributed by atoms with Gasteiger partial charge < -0.3 is 4.74 Å². The van der Waals surface area contributed by atoms with Gasteiger partial charge in [-0.2, -0.15) is 0 Å². The molecule has 0 aromatic rings. The Kier molecular flexibility index (Phi) is 3.12. The molecule has 12 heavy (non-hydrogen) atoms. The van der Waals surface area contributed by atoms with E-state index in [1.807, 2.05) is 6.92 Å². The Labute approximate surface area is 74.3 Å². The van der Waals surface area contributed by atoms with Gasteiger partial charge in [-0.1, -0.05) is 13.8 Å². The van der Waals surface area contributed by atoms with E-state index in [0.717, 1.165) is 0 Å². The Morgan fingerprint density at radius 2 is 1.83 bits per heavy atom. The second-order valence-corrected chi connectivity index (χ2v) is 3.81. The van der Waals surface area contributed by atoms with Crippen LogP contribution >= 0.6 is 0 Å². The van der Waals surface area contributed by atoms with Gasteiger partial charge in [-0.3, -0.25) is 4.79 Å². The lowest BCUT2D eigenvalue weighted by atomic mass is 9.92. The SMILES string of the molecule is CCOC(=O)C1C(C)CCC1C. The van der Waals surface area contributed by atoms with Crippen molar-refractivity contribution in [1.29, 1.82) is 0 Å². The monoisotopic (exact) mass is 170 g/mol. The van der Waals surface area contributed by atoms with E-state index in [-0.39, 0.29) is 11.9 Å². The average molecular weight is 170 g/mol. The fraction of sp³-hybridized carbons (Fsp3) is 0.900. The molecular formula is C10H18O2. The Bertz CT molecular complexity index is 155. The van der Waals surface area contributed by atoms with Gasteiger partial charge in [0.2, 0.25) is 0 Å². The second-order valence-electron chi connectivity index (χ2n) is 3.81. The molecule has 0 aliphatic heterocycles. The molecule has 0 heterocycles. The molecule has 2 nitrogen and oxygen atoms in total. The maximum atomic E-state index is 11.4. The fourth-order valence-electron chi connectivity index (χ4n) is 2.15. The molecule has 70 valence electrons. The highest BCUT2D eigenvalue weighted by molar-refractivity contribution is 5.73. The first kappa shape index (κ1) is 9.56. The summed E-state index contributed by atoms with van der Waals surface area (Å²) in [6, 6.07) is 0. The van der Waals surface area contributed by atoms with E-state index in [9.17, 15) is 4.79 Å². The highest BCUT2D eigenvalue weighted by atomic mass is 16.5. The molecule has 0 aromatic carbocycles. The number of esters is 1. The van der Waals surface area contributed by atoms with E-state index in [1.165, 1.54) is 12.8 Å². The van der Waals surface area contributed by atoms with Crippen molar-refractivity contribution in [1.82, 2.24) is 0 Å². The molecule has 2 heteroatoms. The minimum atomic E-state index is 0.00926. The van der Waals surface area contributed by atoms with Gasteiger partial charge in [0, 0.05) is 0 Å². The van der Waals surface area contributed by atoms with Crippen molar-refractivity contribution in [3.8, 4) is 0 Å². The molecule has 0 spiro atoms. The summed E-state index contributed by atoms with van der Waals surface area (Å²) in [5.41, 5.74) is 0. The van der Waals surface area contributed by atoms with Crippen LogP contribution in [0.15, 0.2) is 0 Å². The second kappa shape index (κ2) is 3.92. The molecule has 2 unspecified atom stereocenters. The predicted molar refractivity (Wildman–Crippen MR) is 47.7 cm³/mol. The van der Waals surface area contributed by atoms with Crippen molar-refractivity contribution >= 4 is 5.97 Å². The summed E-state index contributed by atoms with van der Waals surface area (Å²) in [5, 5.41) is 0. The quantitative estimate of drug-likeness (QED) is 0.594. The van der Waals surface area contributed by atoms with Crippen LogP contribution in [-0.2, 0) is 9.53 Å². The summed E-state index contributed by atoms with van der Waals surface area (Å²) in [7, 11) is 0. The Morgan fingerprint density at radius 1 is 1.33 bits per heavy atom. The fourth-order valence-corrected chi connectivity index (χ4v) is 2.15. The molecule has 0 radical (unpaired) electrons. The van der Waals surface area contributed by atoms with E-state index in [2.05, 4.69) is 13.8 Å². The summed E-state index contributed by atoms with van der Waals surface area (Å²) in [5.74, 6) is 1.19. The van der Waals surface area contributed by atoms with Crippen LogP contribution in [0.5, 0.6) is 0 Å². The number of rotatable bonds is 2.